The third-order valence-electron chi connectivity index (χ3n) is 2.26. The van der Waals surface area contributed by atoms with Crippen LogP contribution in [0.15, 0.2) is 36.4 Å². The summed E-state index contributed by atoms with van der Waals surface area (Å²) in [7, 11) is 0. The molecule has 0 bridgehead atoms. The second kappa shape index (κ2) is 5.39. The highest BCUT2D eigenvalue weighted by molar-refractivity contribution is 5.81. The van der Waals surface area contributed by atoms with E-state index >= 15 is 0 Å². The molecule has 1 aliphatic rings. The largest absolute Gasteiger partial charge is 0.485 e. The molecule has 0 aromatic heterocycles. The molecule has 1 unspecified atom stereocenters. The topological polar surface area (TPSA) is 44.8 Å². The van der Waals surface area contributed by atoms with Crippen LogP contribution in [0.1, 0.15) is 6.92 Å². The van der Waals surface area contributed by atoms with Crippen LogP contribution in [0.5, 0.6) is 11.5 Å². The normalized spacial score (nSPS) is 18.1. The first-order valence-corrected chi connectivity index (χ1v) is 5.53. The van der Waals surface area contributed by atoms with E-state index in [1.807, 2.05) is 24.3 Å². The van der Waals surface area contributed by atoms with Gasteiger partial charge in [-0.15, -0.1) is 0 Å². The standard InChI is InChI=1S/C13H14O4/c1-2-15-13(14)8-7-10-9-16-11-5-3-4-6-12(11)17-10/h3-8,10H,2,9H2,1H3. The maximum Gasteiger partial charge on any atom is 0.330 e. The second-order valence-corrected chi connectivity index (χ2v) is 3.53. The second-order valence-electron chi connectivity index (χ2n) is 3.53. The van der Waals surface area contributed by atoms with Crippen molar-refractivity contribution >= 4 is 5.97 Å². The third-order valence-corrected chi connectivity index (χ3v) is 2.26. The van der Waals surface area contributed by atoms with Crippen molar-refractivity contribution in [3.63, 3.8) is 0 Å². The molecular weight excluding hydrogens is 220 g/mol. The Morgan fingerprint density at radius 1 is 1.47 bits per heavy atom. The number of rotatable bonds is 3. The average Bonchev–Trinajstić information content (AvgIpc) is 2.36. The predicted octanol–water partition coefficient (Wildman–Crippen LogP) is 1.95. The molecule has 1 aliphatic heterocycles. The molecule has 0 saturated carbocycles. The Balaban J connectivity index is 1.96. The summed E-state index contributed by atoms with van der Waals surface area (Å²) in [6.45, 7) is 2.53. The molecule has 1 aromatic carbocycles. The first-order chi connectivity index (χ1) is 8.29. The first kappa shape index (κ1) is 11.5. The van der Waals surface area contributed by atoms with Crippen LogP contribution in [-0.2, 0) is 9.53 Å². The number of carbonyl (C=O) groups excluding carboxylic acids is 1. The molecule has 90 valence electrons. The zero-order valence-corrected chi connectivity index (χ0v) is 9.59. The van der Waals surface area contributed by atoms with Gasteiger partial charge in [0.25, 0.3) is 0 Å². The van der Waals surface area contributed by atoms with E-state index in [4.69, 9.17) is 14.2 Å². The number of hydrogen-bond acceptors (Lipinski definition) is 4. The fraction of sp³-hybridized carbons (Fsp3) is 0.308. The van der Waals surface area contributed by atoms with Crippen molar-refractivity contribution in [3.05, 3.63) is 36.4 Å². The van der Waals surface area contributed by atoms with E-state index in [0.717, 1.165) is 5.75 Å². The Morgan fingerprint density at radius 3 is 3.00 bits per heavy atom. The van der Waals surface area contributed by atoms with Crippen LogP contribution in [0.4, 0.5) is 0 Å². The van der Waals surface area contributed by atoms with Crippen molar-refractivity contribution < 1.29 is 19.0 Å². The Bertz CT molecular complexity index is 425. The highest BCUT2D eigenvalue weighted by Gasteiger charge is 2.18. The number of para-hydroxylation sites is 2. The molecule has 4 nitrogen and oxygen atoms in total. The lowest BCUT2D eigenvalue weighted by molar-refractivity contribution is -0.137. The number of carbonyl (C=O) groups is 1. The smallest absolute Gasteiger partial charge is 0.330 e. The maximum absolute atomic E-state index is 11.1. The number of fused-ring (bicyclic) bond motifs is 1. The minimum Gasteiger partial charge on any atom is -0.485 e. The maximum atomic E-state index is 11.1. The molecule has 0 radical (unpaired) electrons. The summed E-state index contributed by atoms with van der Waals surface area (Å²) in [5.74, 6) is 1.06. The van der Waals surface area contributed by atoms with Crippen molar-refractivity contribution in [1.29, 1.82) is 0 Å². The van der Waals surface area contributed by atoms with Gasteiger partial charge in [-0.05, 0) is 25.1 Å². The summed E-state index contributed by atoms with van der Waals surface area (Å²) in [5.41, 5.74) is 0. The van der Waals surface area contributed by atoms with Gasteiger partial charge >= 0.3 is 5.97 Å². The van der Waals surface area contributed by atoms with Crippen LogP contribution >= 0.6 is 0 Å². The van der Waals surface area contributed by atoms with Crippen molar-refractivity contribution in [1.82, 2.24) is 0 Å². The van der Waals surface area contributed by atoms with Gasteiger partial charge in [0, 0.05) is 6.08 Å². The average molecular weight is 234 g/mol. The van der Waals surface area contributed by atoms with Gasteiger partial charge in [0.1, 0.15) is 6.61 Å². The summed E-state index contributed by atoms with van der Waals surface area (Å²) < 4.78 is 15.9. The molecule has 0 N–H and O–H groups in total. The predicted molar refractivity (Wildman–Crippen MR) is 62.1 cm³/mol. The Morgan fingerprint density at radius 2 is 2.24 bits per heavy atom. The Labute approximate surface area is 99.8 Å². The first-order valence-electron chi connectivity index (χ1n) is 5.53. The lowest BCUT2D eigenvalue weighted by atomic mass is 10.2. The van der Waals surface area contributed by atoms with Gasteiger partial charge in [-0.25, -0.2) is 4.79 Å². The molecule has 17 heavy (non-hydrogen) atoms. The van der Waals surface area contributed by atoms with E-state index in [2.05, 4.69) is 0 Å². The van der Waals surface area contributed by atoms with Crippen LogP contribution in [0.25, 0.3) is 0 Å². The Kier molecular flexibility index (Phi) is 3.65. The fourth-order valence-electron chi connectivity index (χ4n) is 1.51. The SMILES string of the molecule is CCOC(=O)C=CC1COc2ccccc2O1. The van der Waals surface area contributed by atoms with E-state index in [9.17, 15) is 4.79 Å². The summed E-state index contributed by atoms with van der Waals surface area (Å²) in [6, 6.07) is 7.44. The van der Waals surface area contributed by atoms with Gasteiger partial charge in [0.2, 0.25) is 0 Å². The van der Waals surface area contributed by atoms with Gasteiger partial charge in [-0.2, -0.15) is 0 Å². The zero-order chi connectivity index (χ0) is 12.1. The Hall–Kier alpha value is -1.97. The van der Waals surface area contributed by atoms with Crippen molar-refractivity contribution in [2.75, 3.05) is 13.2 Å². The van der Waals surface area contributed by atoms with Crippen molar-refractivity contribution in [2.45, 2.75) is 13.0 Å². The summed E-state index contributed by atoms with van der Waals surface area (Å²) in [5, 5.41) is 0. The van der Waals surface area contributed by atoms with E-state index in [1.54, 1.807) is 13.0 Å². The molecule has 1 atom stereocenters. The zero-order valence-electron chi connectivity index (χ0n) is 9.59. The van der Waals surface area contributed by atoms with Crippen molar-refractivity contribution in [2.24, 2.45) is 0 Å². The lowest BCUT2D eigenvalue weighted by Gasteiger charge is -2.24. The lowest BCUT2D eigenvalue weighted by Crippen LogP contribution is -2.27. The van der Waals surface area contributed by atoms with Gasteiger partial charge < -0.3 is 14.2 Å². The summed E-state index contributed by atoms with van der Waals surface area (Å²) in [4.78, 5) is 11.1. The minimum atomic E-state index is -0.366. The molecule has 4 heteroatoms. The summed E-state index contributed by atoms with van der Waals surface area (Å²) in [6.07, 6.45) is 2.76. The van der Waals surface area contributed by atoms with Crippen LogP contribution < -0.4 is 9.47 Å². The molecule has 0 spiro atoms. The molecule has 1 heterocycles. The molecular formula is C13H14O4. The van der Waals surface area contributed by atoms with Gasteiger partial charge in [-0.3, -0.25) is 0 Å². The van der Waals surface area contributed by atoms with E-state index < -0.39 is 0 Å². The molecule has 0 amide bonds. The van der Waals surface area contributed by atoms with Gasteiger partial charge in [0.15, 0.2) is 17.6 Å². The summed E-state index contributed by atoms with van der Waals surface area (Å²) >= 11 is 0. The third kappa shape index (κ3) is 3.00. The van der Waals surface area contributed by atoms with Gasteiger partial charge in [-0.1, -0.05) is 12.1 Å². The van der Waals surface area contributed by atoms with Crippen LogP contribution in [0.3, 0.4) is 0 Å². The number of benzene rings is 1. The molecule has 0 fully saturated rings. The van der Waals surface area contributed by atoms with Gasteiger partial charge in [0.05, 0.1) is 6.61 Å². The highest BCUT2D eigenvalue weighted by atomic mass is 16.6. The number of hydrogen-bond donors (Lipinski definition) is 0. The van der Waals surface area contributed by atoms with Crippen LogP contribution in [0.2, 0.25) is 0 Å². The van der Waals surface area contributed by atoms with Crippen molar-refractivity contribution in [3.8, 4) is 11.5 Å². The van der Waals surface area contributed by atoms with E-state index in [-0.39, 0.29) is 12.1 Å². The molecule has 0 aliphatic carbocycles. The molecule has 0 saturated heterocycles. The number of esters is 1. The highest BCUT2D eigenvalue weighted by Crippen LogP contribution is 2.30. The fourth-order valence-corrected chi connectivity index (χ4v) is 1.51. The van der Waals surface area contributed by atoms with Crippen LogP contribution in [-0.4, -0.2) is 25.3 Å². The quantitative estimate of drug-likeness (QED) is 0.592. The molecule has 2 rings (SSSR count). The van der Waals surface area contributed by atoms with Crippen LogP contribution in [0, 0.1) is 0 Å². The van der Waals surface area contributed by atoms with E-state index in [0.29, 0.717) is 19.0 Å². The van der Waals surface area contributed by atoms with E-state index in [1.165, 1.54) is 6.08 Å². The molecule has 1 aromatic rings. The minimum absolute atomic E-state index is 0.255. The monoisotopic (exact) mass is 234 g/mol. The number of ether oxygens (including phenoxy) is 3.